The second kappa shape index (κ2) is 5.64. The van der Waals surface area contributed by atoms with E-state index in [1.165, 1.54) is 12.7 Å². The Morgan fingerprint density at radius 1 is 1.33 bits per heavy atom. The van der Waals surface area contributed by atoms with Gasteiger partial charge in [-0.25, -0.2) is 4.79 Å². The van der Waals surface area contributed by atoms with E-state index in [2.05, 4.69) is 18.6 Å². The summed E-state index contributed by atoms with van der Waals surface area (Å²) in [4.78, 5) is 11.4. The number of methoxy groups -OCH3 is 1. The molecule has 120 valence electrons. The Morgan fingerprint density at radius 3 is 2.52 bits per heavy atom. The van der Waals surface area contributed by atoms with Gasteiger partial charge in [-0.1, -0.05) is 12.5 Å². The third-order valence-corrected chi connectivity index (χ3v) is 5.55. The van der Waals surface area contributed by atoms with Crippen LogP contribution in [0.2, 0.25) is 0 Å². The predicted molar refractivity (Wildman–Crippen MR) is 81.0 cm³/mol. The number of rotatable bonds is 2. The van der Waals surface area contributed by atoms with Crippen LogP contribution in [0.3, 0.4) is 0 Å². The highest BCUT2D eigenvalue weighted by Gasteiger charge is 2.44. The first-order valence-corrected chi connectivity index (χ1v) is 7.84. The topological polar surface area (TPSA) is 55.8 Å². The monoisotopic (exact) mass is 296 g/mol. The van der Waals surface area contributed by atoms with Gasteiger partial charge >= 0.3 is 6.16 Å². The lowest BCUT2D eigenvalue weighted by atomic mass is 9.59. The molecule has 0 amide bonds. The molecule has 0 heterocycles. The molecule has 2 rings (SSSR count). The van der Waals surface area contributed by atoms with Crippen LogP contribution < -0.4 is 0 Å². The van der Waals surface area contributed by atoms with Crippen LogP contribution in [0.25, 0.3) is 0 Å². The van der Waals surface area contributed by atoms with Gasteiger partial charge in [0.25, 0.3) is 0 Å². The molecule has 0 aliphatic heterocycles. The summed E-state index contributed by atoms with van der Waals surface area (Å²) in [7, 11) is 1.34. The molecule has 2 aliphatic carbocycles. The van der Waals surface area contributed by atoms with Gasteiger partial charge in [-0.3, -0.25) is 0 Å². The Morgan fingerprint density at radius 2 is 1.95 bits per heavy atom. The fourth-order valence-electron chi connectivity index (χ4n) is 3.93. The van der Waals surface area contributed by atoms with E-state index in [1.807, 2.05) is 13.8 Å². The molecule has 4 nitrogen and oxygen atoms in total. The van der Waals surface area contributed by atoms with Crippen molar-refractivity contribution in [3.05, 3.63) is 11.1 Å². The minimum absolute atomic E-state index is 0.180. The third-order valence-electron chi connectivity index (χ3n) is 5.55. The number of ether oxygens (including phenoxy) is 2. The van der Waals surface area contributed by atoms with Crippen molar-refractivity contribution in [1.29, 1.82) is 0 Å². The van der Waals surface area contributed by atoms with Crippen LogP contribution in [0.1, 0.15) is 59.8 Å². The van der Waals surface area contributed by atoms with Crippen molar-refractivity contribution in [3.63, 3.8) is 0 Å². The molecule has 0 unspecified atom stereocenters. The predicted octanol–water partition coefficient (Wildman–Crippen LogP) is 3.83. The normalized spacial score (nSPS) is 33.4. The molecule has 0 aromatic rings. The number of aliphatic hydroxyl groups is 1. The molecule has 0 radical (unpaired) electrons. The molecule has 0 aromatic carbocycles. The summed E-state index contributed by atoms with van der Waals surface area (Å²) in [5, 5.41) is 10.3. The Balaban J connectivity index is 2.25. The van der Waals surface area contributed by atoms with E-state index in [0.717, 1.165) is 37.7 Å². The molecule has 1 fully saturated rings. The zero-order chi connectivity index (χ0) is 15.8. The van der Waals surface area contributed by atoms with Gasteiger partial charge in [-0.15, -0.1) is 0 Å². The molecule has 0 bridgehead atoms. The van der Waals surface area contributed by atoms with Gasteiger partial charge < -0.3 is 14.6 Å². The molecular weight excluding hydrogens is 268 g/mol. The van der Waals surface area contributed by atoms with E-state index in [4.69, 9.17) is 4.74 Å². The van der Waals surface area contributed by atoms with Crippen LogP contribution in [0.15, 0.2) is 11.1 Å². The van der Waals surface area contributed by atoms with E-state index in [1.54, 1.807) is 0 Å². The molecule has 21 heavy (non-hydrogen) atoms. The summed E-state index contributed by atoms with van der Waals surface area (Å²) in [5.74, 6) is 0.271. The van der Waals surface area contributed by atoms with Crippen molar-refractivity contribution >= 4 is 6.16 Å². The quantitative estimate of drug-likeness (QED) is 0.621. The summed E-state index contributed by atoms with van der Waals surface area (Å²) in [5.41, 5.74) is 2.07. The highest BCUT2D eigenvalue weighted by molar-refractivity contribution is 5.60. The smallest absolute Gasteiger partial charge is 0.438 e. The molecular formula is C17H28O4. The van der Waals surface area contributed by atoms with Crippen molar-refractivity contribution in [2.45, 2.75) is 71.5 Å². The van der Waals surface area contributed by atoms with Crippen molar-refractivity contribution in [3.8, 4) is 0 Å². The fourth-order valence-corrected chi connectivity index (χ4v) is 3.93. The van der Waals surface area contributed by atoms with Crippen LogP contribution in [-0.2, 0) is 9.47 Å². The van der Waals surface area contributed by atoms with Crippen molar-refractivity contribution in [2.24, 2.45) is 11.3 Å². The highest BCUT2D eigenvalue weighted by Crippen LogP contribution is 2.53. The van der Waals surface area contributed by atoms with Crippen molar-refractivity contribution in [1.82, 2.24) is 0 Å². The van der Waals surface area contributed by atoms with Gasteiger partial charge in [0.2, 0.25) is 0 Å². The third kappa shape index (κ3) is 3.25. The highest BCUT2D eigenvalue weighted by atomic mass is 16.7. The SMILES string of the molecule is COC(=O)O[C@H]1CC[C@]2(C)CC[C@@H](C(C)(C)O)CC2=C1C. The van der Waals surface area contributed by atoms with Gasteiger partial charge in [0.15, 0.2) is 0 Å². The van der Waals surface area contributed by atoms with E-state index in [0.29, 0.717) is 0 Å². The van der Waals surface area contributed by atoms with E-state index >= 15 is 0 Å². The Hall–Kier alpha value is -1.03. The zero-order valence-electron chi connectivity index (χ0n) is 13.9. The largest absolute Gasteiger partial charge is 0.508 e. The average molecular weight is 296 g/mol. The fraction of sp³-hybridized carbons (Fsp3) is 0.824. The molecule has 0 saturated heterocycles. The van der Waals surface area contributed by atoms with Gasteiger partial charge in [0.05, 0.1) is 12.7 Å². The second-order valence-electron chi connectivity index (χ2n) is 7.41. The van der Waals surface area contributed by atoms with Crippen LogP contribution >= 0.6 is 0 Å². The summed E-state index contributed by atoms with van der Waals surface area (Å²) >= 11 is 0. The van der Waals surface area contributed by atoms with Gasteiger partial charge in [-0.05, 0) is 69.8 Å². The molecule has 1 saturated carbocycles. The van der Waals surface area contributed by atoms with E-state index in [-0.39, 0.29) is 17.4 Å². The van der Waals surface area contributed by atoms with Crippen LogP contribution in [0, 0.1) is 11.3 Å². The first-order chi connectivity index (χ1) is 9.67. The van der Waals surface area contributed by atoms with Crippen molar-refractivity contribution < 1.29 is 19.4 Å². The minimum Gasteiger partial charge on any atom is -0.438 e. The van der Waals surface area contributed by atoms with Crippen LogP contribution in [-0.4, -0.2) is 30.1 Å². The van der Waals surface area contributed by atoms with Crippen LogP contribution in [0.4, 0.5) is 4.79 Å². The maximum absolute atomic E-state index is 11.4. The lowest BCUT2D eigenvalue weighted by Crippen LogP contribution is -2.41. The van der Waals surface area contributed by atoms with E-state index < -0.39 is 11.8 Å². The summed E-state index contributed by atoms with van der Waals surface area (Å²) < 4.78 is 10.0. The number of carbonyl (C=O) groups is 1. The minimum atomic E-state index is -0.662. The molecule has 0 spiro atoms. The maximum atomic E-state index is 11.4. The van der Waals surface area contributed by atoms with Crippen molar-refractivity contribution in [2.75, 3.05) is 7.11 Å². The van der Waals surface area contributed by atoms with Gasteiger partial charge in [0, 0.05) is 0 Å². The first kappa shape index (κ1) is 16.3. The van der Waals surface area contributed by atoms with Crippen LogP contribution in [0.5, 0.6) is 0 Å². The molecule has 0 aromatic heterocycles. The average Bonchev–Trinajstić information content (AvgIpc) is 2.40. The summed E-state index contributed by atoms with van der Waals surface area (Å²) in [6, 6.07) is 0. The second-order valence-corrected chi connectivity index (χ2v) is 7.41. The van der Waals surface area contributed by atoms with Gasteiger partial charge in [-0.2, -0.15) is 0 Å². The molecule has 1 N–H and O–H groups in total. The Kier molecular flexibility index (Phi) is 4.39. The zero-order valence-corrected chi connectivity index (χ0v) is 13.9. The summed E-state index contributed by atoms with van der Waals surface area (Å²) in [6.45, 7) is 8.15. The Bertz CT molecular complexity index is 446. The summed E-state index contributed by atoms with van der Waals surface area (Å²) in [6.07, 6.45) is 4.14. The number of hydrogen-bond donors (Lipinski definition) is 1. The van der Waals surface area contributed by atoms with Gasteiger partial charge in [0.1, 0.15) is 6.10 Å². The van der Waals surface area contributed by atoms with E-state index in [9.17, 15) is 9.90 Å². The maximum Gasteiger partial charge on any atom is 0.508 e. The lowest BCUT2D eigenvalue weighted by molar-refractivity contribution is -0.0106. The molecule has 4 heteroatoms. The standard InChI is InChI=1S/C17H28O4/c1-11-13-10-12(16(2,3)19)6-8-17(13,4)9-7-14(11)21-15(18)20-5/h12,14,19H,6-10H2,1-5H3/t12-,14+,17+/m1/s1. The number of carbonyl (C=O) groups excluding carboxylic acids is 1. The molecule has 2 aliphatic rings. The molecule has 3 atom stereocenters. The number of allylic oxidation sites excluding steroid dienone is 1. The Labute approximate surface area is 127 Å². The number of hydrogen-bond acceptors (Lipinski definition) is 4. The number of fused-ring (bicyclic) bond motifs is 1. The lowest BCUT2D eigenvalue weighted by Gasteiger charge is -2.48. The first-order valence-electron chi connectivity index (χ1n) is 7.84.